The van der Waals surface area contributed by atoms with Crippen LogP contribution in [0.15, 0.2) is 23.4 Å². The fourth-order valence-corrected chi connectivity index (χ4v) is 5.06. The number of thioether (sulfide) groups is 1. The minimum atomic E-state index is -0.572. The summed E-state index contributed by atoms with van der Waals surface area (Å²) in [6.07, 6.45) is 0. The van der Waals surface area contributed by atoms with Gasteiger partial charge in [-0.15, -0.1) is 16.4 Å². The van der Waals surface area contributed by atoms with Crippen LogP contribution in [-0.4, -0.2) is 45.4 Å². The molecule has 2 N–H and O–H groups in total. The molecule has 0 atom stereocenters. The lowest BCUT2D eigenvalue weighted by Gasteiger charge is -2.11. The number of hydrogen-bond acceptors (Lipinski definition) is 10. The average molecular weight is 462 g/mol. The van der Waals surface area contributed by atoms with Crippen molar-refractivity contribution in [2.75, 3.05) is 18.9 Å². The Morgan fingerprint density at radius 1 is 1.13 bits per heavy atom. The van der Waals surface area contributed by atoms with Gasteiger partial charge < -0.3 is 15.2 Å². The summed E-state index contributed by atoms with van der Waals surface area (Å²) in [5.41, 5.74) is 9.65. The number of nitrogen functional groups attached to an aromatic ring is 1. The standard InChI is InChI=1S/C20H23N5O4S2/c1-5-28-18(26)14-13(16(31-17(14)21)19(27)29-6-2)10-30-20-22-23-24-25(20)15-11(3)8-7-9-12(15)4/h7-9H,5-6,10,21H2,1-4H3. The van der Waals surface area contributed by atoms with Crippen LogP contribution in [0.5, 0.6) is 0 Å². The quantitative estimate of drug-likeness (QED) is 0.396. The molecule has 0 aliphatic heterocycles. The molecule has 2 aromatic heterocycles. The fraction of sp³-hybridized carbons (Fsp3) is 0.350. The van der Waals surface area contributed by atoms with E-state index in [9.17, 15) is 9.59 Å². The molecule has 3 rings (SSSR count). The Balaban J connectivity index is 1.98. The summed E-state index contributed by atoms with van der Waals surface area (Å²) in [6.45, 7) is 7.79. The van der Waals surface area contributed by atoms with Crippen LogP contribution in [0.4, 0.5) is 5.00 Å². The Labute approximate surface area is 187 Å². The number of carbonyl (C=O) groups is 2. The highest BCUT2D eigenvalue weighted by atomic mass is 32.2. The molecule has 3 aromatic rings. The zero-order valence-electron chi connectivity index (χ0n) is 17.7. The second kappa shape index (κ2) is 9.92. The van der Waals surface area contributed by atoms with Crippen molar-refractivity contribution in [1.82, 2.24) is 20.2 Å². The van der Waals surface area contributed by atoms with Crippen LogP contribution in [-0.2, 0) is 15.2 Å². The molecule has 0 saturated carbocycles. The first-order chi connectivity index (χ1) is 14.9. The first-order valence-electron chi connectivity index (χ1n) is 9.62. The molecule has 0 amide bonds. The van der Waals surface area contributed by atoms with E-state index in [-0.39, 0.29) is 34.4 Å². The molecule has 0 fully saturated rings. The number of hydrogen-bond donors (Lipinski definition) is 1. The number of rotatable bonds is 8. The van der Waals surface area contributed by atoms with E-state index in [0.717, 1.165) is 28.2 Å². The van der Waals surface area contributed by atoms with Crippen LogP contribution in [0.2, 0.25) is 0 Å². The number of carbonyl (C=O) groups excluding carboxylic acids is 2. The number of para-hydroxylation sites is 1. The average Bonchev–Trinajstić information content (AvgIpc) is 3.30. The Morgan fingerprint density at radius 2 is 1.77 bits per heavy atom. The molecule has 31 heavy (non-hydrogen) atoms. The second-order valence-corrected chi connectivity index (χ2v) is 8.49. The minimum Gasteiger partial charge on any atom is -0.462 e. The van der Waals surface area contributed by atoms with Crippen molar-refractivity contribution in [3.8, 4) is 5.69 Å². The molecule has 9 nitrogen and oxygen atoms in total. The molecule has 11 heteroatoms. The lowest BCUT2D eigenvalue weighted by molar-refractivity contribution is 0.0527. The first-order valence-corrected chi connectivity index (χ1v) is 11.4. The number of anilines is 1. The van der Waals surface area contributed by atoms with Crippen molar-refractivity contribution >= 4 is 40.0 Å². The first kappa shape index (κ1) is 22.8. The summed E-state index contributed by atoms with van der Waals surface area (Å²) in [5, 5.41) is 12.8. The maximum atomic E-state index is 12.5. The van der Waals surface area contributed by atoms with Crippen LogP contribution < -0.4 is 5.73 Å². The molecule has 0 saturated heterocycles. The molecule has 0 unspecified atom stereocenters. The normalized spacial score (nSPS) is 10.8. The van der Waals surface area contributed by atoms with Crippen molar-refractivity contribution in [2.24, 2.45) is 0 Å². The molecule has 0 radical (unpaired) electrons. The maximum Gasteiger partial charge on any atom is 0.348 e. The van der Waals surface area contributed by atoms with Gasteiger partial charge in [0.2, 0.25) is 5.16 Å². The Hall–Kier alpha value is -2.92. The largest absolute Gasteiger partial charge is 0.462 e. The van der Waals surface area contributed by atoms with E-state index < -0.39 is 11.9 Å². The van der Waals surface area contributed by atoms with Gasteiger partial charge in [0, 0.05) is 11.3 Å². The molecule has 0 aliphatic rings. The van der Waals surface area contributed by atoms with Gasteiger partial charge in [-0.25, -0.2) is 9.59 Å². The van der Waals surface area contributed by atoms with Crippen LogP contribution >= 0.6 is 23.1 Å². The summed E-state index contributed by atoms with van der Waals surface area (Å²) in [5.74, 6) is -0.863. The summed E-state index contributed by atoms with van der Waals surface area (Å²) in [7, 11) is 0. The monoisotopic (exact) mass is 461 g/mol. The van der Waals surface area contributed by atoms with E-state index in [2.05, 4.69) is 15.5 Å². The molecule has 2 heterocycles. The number of nitrogens with two attached hydrogens (primary N) is 1. The molecule has 164 valence electrons. The summed E-state index contributed by atoms with van der Waals surface area (Å²) >= 11 is 2.31. The number of aryl methyl sites for hydroxylation is 2. The highest BCUT2D eigenvalue weighted by Gasteiger charge is 2.28. The van der Waals surface area contributed by atoms with Gasteiger partial charge in [-0.2, -0.15) is 4.68 Å². The van der Waals surface area contributed by atoms with Gasteiger partial charge in [0.05, 0.1) is 24.5 Å². The highest BCUT2D eigenvalue weighted by Crippen LogP contribution is 2.36. The third kappa shape index (κ3) is 4.72. The maximum absolute atomic E-state index is 12.5. The number of thiophene rings is 1. The molecular weight excluding hydrogens is 438 g/mol. The predicted octanol–water partition coefficient (Wildman–Crippen LogP) is 3.57. The number of nitrogens with zero attached hydrogens (tertiary/aromatic N) is 4. The number of esters is 2. The predicted molar refractivity (Wildman–Crippen MR) is 119 cm³/mol. The SMILES string of the molecule is CCOC(=O)c1sc(N)c(C(=O)OCC)c1CSc1nnnn1-c1c(C)cccc1C. The molecular formula is C20H23N5O4S2. The summed E-state index contributed by atoms with van der Waals surface area (Å²) in [4.78, 5) is 25.3. The van der Waals surface area contributed by atoms with Gasteiger partial charge in [0.1, 0.15) is 9.88 Å². The van der Waals surface area contributed by atoms with E-state index in [1.54, 1.807) is 18.5 Å². The number of tetrazole rings is 1. The van der Waals surface area contributed by atoms with Crippen molar-refractivity contribution in [1.29, 1.82) is 0 Å². The zero-order valence-corrected chi connectivity index (χ0v) is 19.3. The van der Waals surface area contributed by atoms with E-state index in [1.165, 1.54) is 11.8 Å². The van der Waals surface area contributed by atoms with Crippen molar-refractivity contribution in [3.05, 3.63) is 45.3 Å². The van der Waals surface area contributed by atoms with Gasteiger partial charge in [0.15, 0.2) is 0 Å². The fourth-order valence-electron chi connectivity index (χ4n) is 3.10. The van der Waals surface area contributed by atoms with Gasteiger partial charge in [-0.3, -0.25) is 0 Å². The summed E-state index contributed by atoms with van der Waals surface area (Å²) in [6, 6.07) is 5.93. The van der Waals surface area contributed by atoms with Crippen molar-refractivity contribution in [3.63, 3.8) is 0 Å². The summed E-state index contributed by atoms with van der Waals surface area (Å²) < 4.78 is 11.9. The minimum absolute atomic E-state index is 0.188. The number of ether oxygens (including phenoxy) is 2. The van der Waals surface area contributed by atoms with Crippen LogP contribution in [0, 0.1) is 13.8 Å². The zero-order chi connectivity index (χ0) is 22.5. The van der Waals surface area contributed by atoms with E-state index in [0.29, 0.717) is 10.7 Å². The smallest absolute Gasteiger partial charge is 0.348 e. The van der Waals surface area contributed by atoms with Gasteiger partial charge in [0.25, 0.3) is 0 Å². The molecule has 0 bridgehead atoms. The third-order valence-corrected chi connectivity index (χ3v) is 6.40. The van der Waals surface area contributed by atoms with Crippen molar-refractivity contribution < 1.29 is 19.1 Å². The number of benzene rings is 1. The van der Waals surface area contributed by atoms with Crippen molar-refractivity contribution in [2.45, 2.75) is 38.6 Å². The Bertz CT molecular complexity index is 1090. The van der Waals surface area contributed by atoms with Crippen LogP contribution in [0.3, 0.4) is 0 Å². The molecule has 1 aromatic carbocycles. The topological polar surface area (TPSA) is 122 Å². The van der Waals surface area contributed by atoms with E-state index in [1.807, 2.05) is 32.0 Å². The van der Waals surface area contributed by atoms with E-state index in [4.69, 9.17) is 15.2 Å². The van der Waals surface area contributed by atoms with Crippen LogP contribution in [0.25, 0.3) is 5.69 Å². The Kier molecular flexibility index (Phi) is 7.29. The molecule has 0 spiro atoms. The van der Waals surface area contributed by atoms with Crippen LogP contribution in [0.1, 0.15) is 50.6 Å². The highest BCUT2D eigenvalue weighted by molar-refractivity contribution is 7.98. The molecule has 0 aliphatic carbocycles. The lowest BCUT2D eigenvalue weighted by Crippen LogP contribution is -2.11. The van der Waals surface area contributed by atoms with Gasteiger partial charge >= 0.3 is 11.9 Å². The lowest BCUT2D eigenvalue weighted by atomic mass is 10.1. The Morgan fingerprint density at radius 3 is 2.42 bits per heavy atom. The van der Waals surface area contributed by atoms with Gasteiger partial charge in [-0.05, 0) is 49.2 Å². The number of aromatic nitrogens is 4. The third-order valence-electron chi connectivity index (χ3n) is 4.41. The van der Waals surface area contributed by atoms with E-state index >= 15 is 0 Å². The second-order valence-electron chi connectivity index (χ2n) is 6.49. The van der Waals surface area contributed by atoms with Gasteiger partial charge in [-0.1, -0.05) is 30.0 Å².